The molecule has 1 aliphatic heterocycles. The van der Waals surface area contributed by atoms with Gasteiger partial charge < -0.3 is 4.90 Å². The number of hydrogen-bond donors (Lipinski definition) is 1. The molecule has 5 nitrogen and oxygen atoms in total. The second kappa shape index (κ2) is 8.09. The molecule has 0 atom stereocenters. The first-order valence-corrected chi connectivity index (χ1v) is 9.78. The fourth-order valence-electron chi connectivity index (χ4n) is 3.15. The molecule has 3 rings (SSSR count). The van der Waals surface area contributed by atoms with Gasteiger partial charge in [0.15, 0.2) is 0 Å². The van der Waals surface area contributed by atoms with Crippen molar-refractivity contribution in [3.63, 3.8) is 0 Å². The molecule has 1 aliphatic rings. The highest BCUT2D eigenvalue weighted by molar-refractivity contribution is 5.70. The molecule has 2 heterocycles. The van der Waals surface area contributed by atoms with Crippen molar-refractivity contribution in [1.82, 2.24) is 9.97 Å². The third-order valence-corrected chi connectivity index (χ3v) is 4.89. The summed E-state index contributed by atoms with van der Waals surface area (Å²) in [5.74, 6) is 6.50. The van der Waals surface area contributed by atoms with Gasteiger partial charge in [0, 0.05) is 24.1 Å². The number of aromatic amines is 1. The summed E-state index contributed by atoms with van der Waals surface area (Å²) < 4.78 is 14.3. The average Bonchev–Trinajstić information content (AvgIpc) is 2.66. The maximum absolute atomic E-state index is 14.3. The van der Waals surface area contributed by atoms with Gasteiger partial charge in [0.25, 0.3) is 5.56 Å². The summed E-state index contributed by atoms with van der Waals surface area (Å²) in [6.45, 7) is 16.7. The van der Waals surface area contributed by atoms with Crippen LogP contribution >= 0.6 is 0 Å². The summed E-state index contributed by atoms with van der Waals surface area (Å²) in [7, 11) is 0. The zero-order valence-electron chi connectivity index (χ0n) is 17.3. The lowest BCUT2D eigenvalue weighted by atomic mass is 9.97. The lowest BCUT2D eigenvalue weighted by Gasteiger charge is -2.30. The van der Waals surface area contributed by atoms with Crippen LogP contribution in [0.25, 0.3) is 16.1 Å². The van der Waals surface area contributed by atoms with Crippen LogP contribution < -0.4 is 10.5 Å². The van der Waals surface area contributed by atoms with E-state index in [0.717, 1.165) is 25.9 Å². The first kappa shape index (κ1) is 20.6. The fraction of sp³-hybridized carbons (Fsp3) is 0.435. The predicted octanol–water partition coefficient (Wildman–Crippen LogP) is 4.76. The Morgan fingerprint density at radius 3 is 2.59 bits per heavy atom. The number of anilines is 1. The van der Waals surface area contributed by atoms with Crippen molar-refractivity contribution in [3.8, 4) is 23.1 Å². The van der Waals surface area contributed by atoms with Gasteiger partial charge in [0.05, 0.1) is 12.3 Å². The topological polar surface area (TPSA) is 53.4 Å². The van der Waals surface area contributed by atoms with Gasteiger partial charge in [-0.1, -0.05) is 30.9 Å². The summed E-state index contributed by atoms with van der Waals surface area (Å²) in [5, 5.41) is 0. The molecule has 0 unspecified atom stereocenters. The van der Waals surface area contributed by atoms with Crippen LogP contribution in [0, 0.1) is 35.6 Å². The van der Waals surface area contributed by atoms with Gasteiger partial charge in [-0.05, 0) is 45.6 Å². The third kappa shape index (κ3) is 4.84. The van der Waals surface area contributed by atoms with E-state index in [2.05, 4.69) is 38.5 Å². The normalized spacial score (nSPS) is 14.8. The number of halogens is 1. The number of nitrogens with one attached hydrogen (secondary N) is 1. The molecule has 6 heteroatoms. The zero-order valence-corrected chi connectivity index (χ0v) is 17.3. The Morgan fingerprint density at radius 1 is 1.31 bits per heavy atom. The molecule has 1 aromatic heterocycles. The Morgan fingerprint density at radius 2 is 2.00 bits per heavy atom. The van der Waals surface area contributed by atoms with E-state index in [4.69, 9.17) is 6.57 Å². The molecule has 0 spiro atoms. The molecule has 0 aliphatic carbocycles. The number of aromatic nitrogens is 2. The molecule has 1 saturated heterocycles. The van der Waals surface area contributed by atoms with E-state index in [-0.39, 0.29) is 22.2 Å². The minimum absolute atomic E-state index is 0.0637. The largest absolute Gasteiger partial charge is 0.342 e. The van der Waals surface area contributed by atoms with Crippen molar-refractivity contribution in [1.29, 1.82) is 0 Å². The quantitative estimate of drug-likeness (QED) is 0.592. The maximum Gasteiger partial charge on any atom is 0.268 e. The van der Waals surface area contributed by atoms with Crippen molar-refractivity contribution < 1.29 is 4.39 Å². The minimum atomic E-state index is -0.636. The van der Waals surface area contributed by atoms with Crippen LogP contribution in [0.15, 0.2) is 23.0 Å². The Labute approximate surface area is 170 Å². The van der Waals surface area contributed by atoms with Crippen LogP contribution in [0.1, 0.15) is 46.1 Å². The van der Waals surface area contributed by atoms with Gasteiger partial charge >= 0.3 is 0 Å². The van der Waals surface area contributed by atoms with Gasteiger partial charge in [-0.2, -0.15) is 0 Å². The third-order valence-electron chi connectivity index (χ3n) is 4.89. The van der Waals surface area contributed by atoms with Gasteiger partial charge in [-0.25, -0.2) is 14.2 Å². The van der Waals surface area contributed by atoms with E-state index in [0.29, 0.717) is 23.1 Å². The van der Waals surface area contributed by atoms with Gasteiger partial charge in [-0.15, -0.1) is 0 Å². The summed E-state index contributed by atoms with van der Waals surface area (Å²) in [6, 6.07) is 4.27. The summed E-state index contributed by atoms with van der Waals surface area (Å²) >= 11 is 0. The van der Waals surface area contributed by atoms with Gasteiger partial charge in [0.1, 0.15) is 11.4 Å². The number of nitrogens with zero attached hydrogens (tertiary/aromatic N) is 3. The van der Waals surface area contributed by atoms with Crippen molar-refractivity contribution in [2.45, 2.75) is 40.5 Å². The van der Waals surface area contributed by atoms with E-state index in [1.54, 1.807) is 6.07 Å². The number of H-pyrrole nitrogens is 1. The molecule has 0 amide bonds. The van der Waals surface area contributed by atoms with Crippen LogP contribution in [-0.4, -0.2) is 23.1 Å². The van der Waals surface area contributed by atoms with Gasteiger partial charge in [0.2, 0.25) is 11.6 Å². The second-order valence-corrected chi connectivity index (χ2v) is 8.56. The molecule has 29 heavy (non-hydrogen) atoms. The Balaban J connectivity index is 2.16. The lowest BCUT2D eigenvalue weighted by Crippen LogP contribution is -2.35. The smallest absolute Gasteiger partial charge is 0.268 e. The maximum atomic E-state index is 14.3. The zero-order chi connectivity index (χ0) is 21.2. The van der Waals surface area contributed by atoms with Crippen LogP contribution in [-0.2, 0) is 0 Å². The average molecular weight is 392 g/mol. The lowest BCUT2D eigenvalue weighted by molar-refractivity contribution is 0.434. The molecule has 0 bridgehead atoms. The number of benzene rings is 1. The van der Waals surface area contributed by atoms with Crippen LogP contribution in [0.5, 0.6) is 0 Å². The molecule has 0 saturated carbocycles. The standard InChI is InChI=1S/C23H25FN4O/c1-15-9-12-28(13-10-15)22-26-20(16-6-7-19(25-5)18(24)14-16)17(21(29)27-22)8-11-23(2,3)4/h6-7,14-15H,9-10,12-13H2,1-4H3,(H,26,27,29). The molecule has 0 radical (unpaired) electrons. The summed E-state index contributed by atoms with van der Waals surface area (Å²) in [6.07, 6.45) is 2.05. The van der Waals surface area contributed by atoms with E-state index < -0.39 is 5.82 Å². The van der Waals surface area contributed by atoms with E-state index in [9.17, 15) is 9.18 Å². The molecule has 1 N–H and O–H groups in total. The van der Waals surface area contributed by atoms with E-state index >= 15 is 0 Å². The van der Waals surface area contributed by atoms with Crippen molar-refractivity contribution in [2.24, 2.45) is 11.3 Å². The summed E-state index contributed by atoms with van der Waals surface area (Å²) in [5.41, 5.74) is 0.288. The molecule has 150 valence electrons. The van der Waals surface area contributed by atoms with Crippen molar-refractivity contribution in [2.75, 3.05) is 18.0 Å². The minimum Gasteiger partial charge on any atom is -0.342 e. The predicted molar refractivity (Wildman–Crippen MR) is 113 cm³/mol. The molecule has 2 aromatic rings. The van der Waals surface area contributed by atoms with Crippen LogP contribution in [0.3, 0.4) is 0 Å². The summed E-state index contributed by atoms with van der Waals surface area (Å²) in [4.78, 5) is 25.6. The number of rotatable bonds is 2. The monoisotopic (exact) mass is 392 g/mol. The molecule has 1 fully saturated rings. The van der Waals surface area contributed by atoms with Gasteiger partial charge in [-0.3, -0.25) is 9.78 Å². The highest BCUT2D eigenvalue weighted by Crippen LogP contribution is 2.28. The number of hydrogen-bond acceptors (Lipinski definition) is 3. The second-order valence-electron chi connectivity index (χ2n) is 8.56. The molecule has 1 aromatic carbocycles. The van der Waals surface area contributed by atoms with E-state index in [1.165, 1.54) is 12.1 Å². The highest BCUT2D eigenvalue weighted by atomic mass is 19.1. The Bertz CT molecular complexity index is 1070. The molecular weight excluding hydrogens is 367 g/mol. The first-order chi connectivity index (χ1) is 13.7. The Hall–Kier alpha value is -3.12. The highest BCUT2D eigenvalue weighted by Gasteiger charge is 2.21. The Kier molecular flexibility index (Phi) is 5.75. The number of piperidine rings is 1. The van der Waals surface area contributed by atoms with Crippen LogP contribution in [0.4, 0.5) is 16.0 Å². The van der Waals surface area contributed by atoms with Crippen molar-refractivity contribution in [3.05, 3.63) is 51.4 Å². The first-order valence-electron chi connectivity index (χ1n) is 9.78. The van der Waals surface area contributed by atoms with Crippen LogP contribution in [0.2, 0.25) is 0 Å². The molecular formula is C23H25FN4O. The van der Waals surface area contributed by atoms with Crippen molar-refractivity contribution >= 4 is 11.6 Å². The SMILES string of the molecule is [C-]#[N+]c1ccc(-c2nc(N3CCC(C)CC3)[nH]c(=O)c2C#CC(C)(C)C)cc1F. The fourth-order valence-corrected chi connectivity index (χ4v) is 3.15. The van der Waals surface area contributed by atoms with E-state index in [1.807, 2.05) is 20.8 Å².